The Morgan fingerprint density at radius 2 is 1.90 bits per heavy atom. The first-order chi connectivity index (χ1) is 4.72. The second-order valence-corrected chi connectivity index (χ2v) is 5.22. The zero-order valence-electron chi connectivity index (χ0n) is 6.28. The molecule has 2 atom stereocenters. The van der Waals surface area contributed by atoms with Crippen molar-refractivity contribution in [2.45, 2.75) is 12.1 Å². The molecule has 4 heteroatoms. The number of rotatable bonds is 1. The highest BCUT2D eigenvalue weighted by atomic mass is 33.1. The van der Waals surface area contributed by atoms with Gasteiger partial charge in [0.2, 0.25) is 0 Å². The third kappa shape index (κ3) is 2.05. The lowest BCUT2D eigenvalue weighted by atomic mass is 10.2. The number of hydrogen-bond donors (Lipinski definition) is 1. The van der Waals surface area contributed by atoms with Gasteiger partial charge < -0.3 is 10.0 Å². The van der Waals surface area contributed by atoms with Gasteiger partial charge in [0.15, 0.2) is 0 Å². The minimum absolute atomic E-state index is 0.138. The van der Waals surface area contributed by atoms with E-state index in [-0.39, 0.29) is 6.10 Å². The van der Waals surface area contributed by atoms with E-state index in [0.29, 0.717) is 6.04 Å². The van der Waals surface area contributed by atoms with E-state index in [4.69, 9.17) is 0 Å². The molecule has 1 N–H and O–H groups in total. The normalized spacial score (nSPS) is 34.8. The van der Waals surface area contributed by atoms with Crippen LogP contribution in [0.15, 0.2) is 0 Å². The van der Waals surface area contributed by atoms with Crippen molar-refractivity contribution in [1.29, 1.82) is 0 Å². The largest absolute Gasteiger partial charge is 0.391 e. The summed E-state index contributed by atoms with van der Waals surface area (Å²) >= 11 is 0. The van der Waals surface area contributed by atoms with Crippen LogP contribution in [0.25, 0.3) is 0 Å². The van der Waals surface area contributed by atoms with E-state index in [2.05, 4.69) is 4.90 Å². The van der Waals surface area contributed by atoms with Crippen molar-refractivity contribution < 1.29 is 5.11 Å². The van der Waals surface area contributed by atoms with E-state index < -0.39 is 0 Å². The summed E-state index contributed by atoms with van der Waals surface area (Å²) in [5.74, 6) is 1.91. The number of nitrogens with zero attached hydrogens (tertiary/aromatic N) is 1. The molecule has 1 aliphatic rings. The van der Waals surface area contributed by atoms with Crippen LogP contribution in [-0.4, -0.2) is 47.8 Å². The van der Waals surface area contributed by atoms with Crippen molar-refractivity contribution >= 4 is 21.6 Å². The summed E-state index contributed by atoms with van der Waals surface area (Å²) in [6, 6.07) is 0.353. The molecular formula is C6H13NOS2. The number of aliphatic hydroxyl groups excluding tert-OH is 1. The van der Waals surface area contributed by atoms with E-state index in [1.807, 2.05) is 24.9 Å². The maximum absolute atomic E-state index is 9.46. The van der Waals surface area contributed by atoms with Crippen LogP contribution in [0.4, 0.5) is 0 Å². The molecular weight excluding hydrogens is 166 g/mol. The molecule has 0 spiro atoms. The Morgan fingerprint density at radius 1 is 1.30 bits per heavy atom. The van der Waals surface area contributed by atoms with Gasteiger partial charge in [0.1, 0.15) is 0 Å². The van der Waals surface area contributed by atoms with Gasteiger partial charge in [0, 0.05) is 17.5 Å². The maximum Gasteiger partial charge on any atom is 0.0802 e. The van der Waals surface area contributed by atoms with Gasteiger partial charge in [-0.2, -0.15) is 0 Å². The molecule has 1 aliphatic heterocycles. The van der Waals surface area contributed by atoms with Crippen LogP contribution in [-0.2, 0) is 0 Å². The monoisotopic (exact) mass is 179 g/mol. The van der Waals surface area contributed by atoms with Gasteiger partial charge >= 0.3 is 0 Å². The van der Waals surface area contributed by atoms with Gasteiger partial charge in [-0.15, -0.1) is 0 Å². The molecule has 2 unspecified atom stereocenters. The fourth-order valence-corrected chi connectivity index (χ4v) is 3.58. The average Bonchev–Trinajstić information content (AvgIpc) is 1.88. The highest BCUT2D eigenvalue weighted by Gasteiger charge is 2.25. The van der Waals surface area contributed by atoms with Crippen LogP contribution in [0.3, 0.4) is 0 Å². The quantitative estimate of drug-likeness (QED) is 0.598. The molecule has 1 heterocycles. The van der Waals surface area contributed by atoms with Crippen LogP contribution in [0.1, 0.15) is 0 Å². The van der Waals surface area contributed by atoms with Crippen LogP contribution in [0.5, 0.6) is 0 Å². The van der Waals surface area contributed by atoms with E-state index in [0.717, 1.165) is 11.5 Å². The Balaban J connectivity index is 2.40. The Labute approximate surface area is 69.8 Å². The fourth-order valence-electron chi connectivity index (χ4n) is 0.951. The minimum Gasteiger partial charge on any atom is -0.391 e. The minimum atomic E-state index is -0.138. The standard InChI is InChI=1S/C6H13NOS2/c1-7(2)5-3-9-10-4-6(5)8/h5-6,8H,3-4H2,1-2H3. The number of hydrogen-bond acceptors (Lipinski definition) is 4. The third-order valence-electron chi connectivity index (χ3n) is 1.67. The summed E-state index contributed by atoms with van der Waals surface area (Å²) in [6.07, 6.45) is -0.138. The second-order valence-electron chi connectivity index (χ2n) is 2.67. The van der Waals surface area contributed by atoms with Gasteiger partial charge in [-0.1, -0.05) is 21.6 Å². The first-order valence-electron chi connectivity index (χ1n) is 3.30. The van der Waals surface area contributed by atoms with Crippen LogP contribution in [0.2, 0.25) is 0 Å². The van der Waals surface area contributed by atoms with Crippen molar-refractivity contribution in [1.82, 2.24) is 4.90 Å². The molecule has 2 nitrogen and oxygen atoms in total. The molecule has 0 radical (unpaired) electrons. The summed E-state index contributed by atoms with van der Waals surface area (Å²) in [5.41, 5.74) is 0. The van der Waals surface area contributed by atoms with E-state index in [9.17, 15) is 5.11 Å². The molecule has 1 saturated heterocycles. The molecule has 1 fully saturated rings. The number of aliphatic hydroxyl groups is 1. The third-order valence-corrected chi connectivity index (χ3v) is 4.11. The molecule has 60 valence electrons. The zero-order valence-corrected chi connectivity index (χ0v) is 7.91. The molecule has 0 aromatic rings. The van der Waals surface area contributed by atoms with E-state index in [1.165, 1.54) is 0 Å². The second kappa shape index (κ2) is 3.85. The molecule has 1 rings (SSSR count). The Hall–Kier alpha value is 0.620. The Morgan fingerprint density at radius 3 is 2.30 bits per heavy atom. The molecule has 0 aromatic heterocycles. The van der Waals surface area contributed by atoms with E-state index in [1.54, 1.807) is 10.8 Å². The average molecular weight is 179 g/mol. The fraction of sp³-hybridized carbons (Fsp3) is 1.00. The van der Waals surface area contributed by atoms with Gasteiger partial charge in [0.25, 0.3) is 0 Å². The Bertz CT molecular complexity index is 110. The zero-order chi connectivity index (χ0) is 7.56. The molecule has 0 bridgehead atoms. The van der Waals surface area contributed by atoms with Crippen molar-refractivity contribution in [3.8, 4) is 0 Å². The lowest BCUT2D eigenvalue weighted by Gasteiger charge is -2.31. The molecule has 10 heavy (non-hydrogen) atoms. The first kappa shape index (κ1) is 8.71. The lowest BCUT2D eigenvalue weighted by molar-refractivity contribution is 0.107. The predicted octanol–water partition coefficient (Wildman–Crippen LogP) is 0.672. The van der Waals surface area contributed by atoms with Gasteiger partial charge in [-0.3, -0.25) is 0 Å². The highest BCUT2D eigenvalue weighted by Crippen LogP contribution is 2.30. The molecule has 0 amide bonds. The predicted molar refractivity (Wildman–Crippen MR) is 48.4 cm³/mol. The summed E-state index contributed by atoms with van der Waals surface area (Å²) in [6.45, 7) is 0. The summed E-state index contributed by atoms with van der Waals surface area (Å²) < 4.78 is 0. The highest BCUT2D eigenvalue weighted by molar-refractivity contribution is 8.76. The summed E-state index contributed by atoms with van der Waals surface area (Å²) in [5, 5.41) is 9.46. The summed E-state index contributed by atoms with van der Waals surface area (Å²) in [4.78, 5) is 2.09. The smallest absolute Gasteiger partial charge is 0.0802 e. The van der Waals surface area contributed by atoms with Gasteiger partial charge in [-0.25, -0.2) is 0 Å². The Kier molecular flexibility index (Phi) is 3.36. The van der Waals surface area contributed by atoms with Crippen molar-refractivity contribution in [3.63, 3.8) is 0 Å². The van der Waals surface area contributed by atoms with Crippen LogP contribution < -0.4 is 0 Å². The van der Waals surface area contributed by atoms with Crippen LogP contribution >= 0.6 is 21.6 Å². The topological polar surface area (TPSA) is 23.5 Å². The molecule has 0 saturated carbocycles. The van der Waals surface area contributed by atoms with E-state index >= 15 is 0 Å². The number of likely N-dealkylation sites (N-methyl/N-ethyl adjacent to an activating group) is 1. The van der Waals surface area contributed by atoms with Gasteiger partial charge in [-0.05, 0) is 14.1 Å². The first-order valence-corrected chi connectivity index (χ1v) is 5.79. The van der Waals surface area contributed by atoms with Crippen molar-refractivity contribution in [2.75, 3.05) is 25.6 Å². The molecule has 0 aromatic carbocycles. The molecule has 0 aliphatic carbocycles. The van der Waals surface area contributed by atoms with Crippen molar-refractivity contribution in [3.05, 3.63) is 0 Å². The summed E-state index contributed by atoms with van der Waals surface area (Å²) in [7, 11) is 7.65. The maximum atomic E-state index is 9.46. The lowest BCUT2D eigenvalue weighted by Crippen LogP contribution is -2.43. The van der Waals surface area contributed by atoms with Gasteiger partial charge in [0.05, 0.1) is 6.10 Å². The SMILES string of the molecule is CN(C)C1CSSCC1O. The van der Waals surface area contributed by atoms with Crippen molar-refractivity contribution in [2.24, 2.45) is 0 Å². The van der Waals surface area contributed by atoms with Crippen LogP contribution in [0, 0.1) is 0 Å².